The van der Waals surface area contributed by atoms with Crippen molar-refractivity contribution in [2.45, 2.75) is 58.0 Å². The van der Waals surface area contributed by atoms with E-state index in [2.05, 4.69) is 32.0 Å². The van der Waals surface area contributed by atoms with Crippen LogP contribution in [0.2, 0.25) is 0 Å². The Bertz CT molecular complexity index is 522. The molecule has 20 heavy (non-hydrogen) atoms. The topological polar surface area (TPSA) is 26.3 Å². The number of Topliss-reactive ketones (excluding diaryl/α,β-unsaturated/α-hetero) is 1. The summed E-state index contributed by atoms with van der Waals surface area (Å²) in [7, 11) is 1.78. The first-order valence-electron chi connectivity index (χ1n) is 7.76. The van der Waals surface area contributed by atoms with E-state index in [1.807, 2.05) is 0 Å². The Hall–Kier alpha value is -1.15. The van der Waals surface area contributed by atoms with Gasteiger partial charge in [0.2, 0.25) is 0 Å². The Balaban J connectivity index is 1.87. The molecule has 1 fully saturated rings. The molecule has 0 radical (unpaired) electrons. The van der Waals surface area contributed by atoms with Crippen LogP contribution in [0.3, 0.4) is 0 Å². The Labute approximate surface area is 121 Å². The van der Waals surface area contributed by atoms with Crippen molar-refractivity contribution in [1.29, 1.82) is 0 Å². The van der Waals surface area contributed by atoms with Crippen LogP contribution in [0.4, 0.5) is 0 Å². The number of rotatable bonds is 2. The highest BCUT2D eigenvalue weighted by molar-refractivity contribution is 6.05. The summed E-state index contributed by atoms with van der Waals surface area (Å²) in [6, 6.07) is 6.51. The van der Waals surface area contributed by atoms with E-state index in [-0.39, 0.29) is 5.41 Å². The van der Waals surface area contributed by atoms with Crippen LogP contribution in [0, 0.1) is 5.41 Å². The third kappa shape index (κ3) is 2.10. The molecule has 2 nitrogen and oxygen atoms in total. The summed E-state index contributed by atoms with van der Waals surface area (Å²) in [4.78, 5) is 12.9. The predicted molar refractivity (Wildman–Crippen MR) is 80.3 cm³/mol. The van der Waals surface area contributed by atoms with Gasteiger partial charge in [-0.3, -0.25) is 4.79 Å². The van der Waals surface area contributed by atoms with Crippen molar-refractivity contribution in [1.82, 2.24) is 0 Å². The minimum Gasteiger partial charge on any atom is -0.381 e. The molecule has 0 aromatic heterocycles. The molecule has 108 valence electrons. The largest absolute Gasteiger partial charge is 0.381 e. The summed E-state index contributed by atoms with van der Waals surface area (Å²) in [6.07, 6.45) is 5.30. The molecule has 0 heterocycles. The zero-order valence-electron chi connectivity index (χ0n) is 12.7. The smallest absolute Gasteiger partial charge is 0.169 e. The Morgan fingerprint density at radius 2 is 1.95 bits per heavy atom. The number of methoxy groups -OCH3 is 1. The Kier molecular flexibility index (Phi) is 3.45. The fraction of sp³-hybridized carbons (Fsp3) is 0.611. The van der Waals surface area contributed by atoms with Crippen molar-refractivity contribution in [3.63, 3.8) is 0 Å². The molecule has 0 saturated heterocycles. The van der Waals surface area contributed by atoms with Gasteiger partial charge in [-0.25, -0.2) is 0 Å². The molecule has 2 aliphatic rings. The van der Waals surface area contributed by atoms with E-state index in [9.17, 15) is 4.79 Å². The number of hydrogen-bond donors (Lipinski definition) is 0. The van der Waals surface area contributed by atoms with Crippen LogP contribution in [0.25, 0.3) is 0 Å². The summed E-state index contributed by atoms with van der Waals surface area (Å²) in [5, 5.41) is 0. The minimum absolute atomic E-state index is 0.118. The lowest BCUT2D eigenvalue weighted by Gasteiger charge is -2.35. The molecule has 0 N–H and O–H groups in total. The number of carbonyl (C=O) groups excluding carboxylic acids is 1. The second kappa shape index (κ2) is 5.00. The molecule has 1 saturated carbocycles. The van der Waals surface area contributed by atoms with E-state index in [1.54, 1.807) is 7.11 Å². The molecule has 3 rings (SSSR count). The second-order valence-corrected chi connectivity index (χ2v) is 6.79. The molecule has 0 aliphatic heterocycles. The highest BCUT2D eigenvalue weighted by atomic mass is 16.5. The number of fused-ring (bicyclic) bond motifs is 1. The van der Waals surface area contributed by atoms with E-state index in [4.69, 9.17) is 4.74 Å². The fourth-order valence-electron chi connectivity index (χ4n) is 3.83. The molecule has 2 heteroatoms. The summed E-state index contributed by atoms with van der Waals surface area (Å²) in [5.41, 5.74) is 3.41. The van der Waals surface area contributed by atoms with Crippen molar-refractivity contribution in [2.24, 2.45) is 5.41 Å². The van der Waals surface area contributed by atoms with E-state index < -0.39 is 0 Å². The maximum atomic E-state index is 12.9. The van der Waals surface area contributed by atoms with Gasteiger partial charge in [-0.15, -0.1) is 0 Å². The van der Waals surface area contributed by atoms with Crippen LogP contribution in [0.1, 0.15) is 66.9 Å². The number of hydrogen-bond acceptors (Lipinski definition) is 2. The van der Waals surface area contributed by atoms with Gasteiger partial charge in [0.05, 0.1) is 6.10 Å². The predicted octanol–water partition coefficient (Wildman–Crippen LogP) is 4.12. The van der Waals surface area contributed by atoms with Crippen molar-refractivity contribution in [3.8, 4) is 0 Å². The Morgan fingerprint density at radius 3 is 2.55 bits per heavy atom. The quantitative estimate of drug-likeness (QED) is 0.809. The molecular formula is C18H24O2. The van der Waals surface area contributed by atoms with Crippen LogP contribution in [0.15, 0.2) is 18.2 Å². The van der Waals surface area contributed by atoms with Gasteiger partial charge < -0.3 is 4.74 Å². The van der Waals surface area contributed by atoms with Gasteiger partial charge in [0.15, 0.2) is 5.78 Å². The molecule has 1 spiro atoms. The fourth-order valence-corrected chi connectivity index (χ4v) is 3.83. The van der Waals surface area contributed by atoms with Crippen molar-refractivity contribution in [3.05, 3.63) is 34.9 Å². The van der Waals surface area contributed by atoms with Crippen LogP contribution >= 0.6 is 0 Å². The van der Waals surface area contributed by atoms with Crippen LogP contribution in [-0.4, -0.2) is 19.0 Å². The average Bonchev–Trinajstić information content (AvgIpc) is 2.72. The number of benzene rings is 1. The monoisotopic (exact) mass is 272 g/mol. The first-order valence-corrected chi connectivity index (χ1v) is 7.76. The summed E-state index contributed by atoms with van der Waals surface area (Å²) >= 11 is 0. The van der Waals surface area contributed by atoms with E-state index in [0.717, 1.165) is 37.7 Å². The molecule has 2 aliphatic carbocycles. The molecule has 1 aromatic rings. The van der Waals surface area contributed by atoms with Gasteiger partial charge in [-0.2, -0.15) is 0 Å². The maximum absolute atomic E-state index is 12.9. The lowest BCUT2D eigenvalue weighted by molar-refractivity contribution is 0.0285. The van der Waals surface area contributed by atoms with Crippen LogP contribution in [-0.2, 0) is 11.2 Å². The molecule has 1 aromatic carbocycles. The first-order chi connectivity index (χ1) is 9.55. The van der Waals surface area contributed by atoms with Crippen molar-refractivity contribution < 1.29 is 9.53 Å². The van der Waals surface area contributed by atoms with E-state index in [1.165, 1.54) is 11.1 Å². The number of carbonyl (C=O) groups is 1. The average molecular weight is 272 g/mol. The van der Waals surface area contributed by atoms with Crippen molar-refractivity contribution >= 4 is 5.78 Å². The zero-order valence-corrected chi connectivity index (χ0v) is 12.7. The number of ketones is 1. The first kappa shape index (κ1) is 13.8. The molecule has 0 bridgehead atoms. The third-order valence-electron chi connectivity index (χ3n) is 5.28. The zero-order chi connectivity index (χ0) is 14.3. The lowest BCUT2D eigenvalue weighted by Crippen LogP contribution is -2.35. The van der Waals surface area contributed by atoms with Crippen molar-refractivity contribution in [2.75, 3.05) is 7.11 Å². The van der Waals surface area contributed by atoms with E-state index in [0.29, 0.717) is 17.8 Å². The molecule has 0 amide bonds. The number of ether oxygens (including phenoxy) is 1. The highest BCUT2D eigenvalue weighted by Crippen LogP contribution is 2.48. The van der Waals surface area contributed by atoms with Gasteiger partial charge in [-0.05, 0) is 55.2 Å². The molecule has 0 atom stereocenters. The van der Waals surface area contributed by atoms with Gasteiger partial charge in [0.25, 0.3) is 0 Å². The summed E-state index contributed by atoms with van der Waals surface area (Å²) < 4.78 is 5.45. The highest BCUT2D eigenvalue weighted by Gasteiger charge is 2.47. The molecular weight excluding hydrogens is 248 g/mol. The summed E-state index contributed by atoms with van der Waals surface area (Å²) in [5.74, 6) is 0.874. The van der Waals surface area contributed by atoms with E-state index >= 15 is 0 Å². The third-order valence-corrected chi connectivity index (χ3v) is 5.28. The lowest BCUT2D eigenvalue weighted by atomic mass is 9.70. The van der Waals surface area contributed by atoms with Crippen LogP contribution < -0.4 is 0 Å². The van der Waals surface area contributed by atoms with Crippen LogP contribution in [0.5, 0.6) is 0 Å². The standard InChI is InChI=1S/C18H24O2/c1-12(2)13-4-5-14-11-18(17(19)16(14)10-13)8-6-15(20-3)7-9-18/h4-5,10,12,15H,6-9,11H2,1-3H3/t15-,18-. The minimum atomic E-state index is -0.118. The van der Waals surface area contributed by atoms with Gasteiger partial charge in [-0.1, -0.05) is 26.0 Å². The Morgan fingerprint density at radius 1 is 1.25 bits per heavy atom. The van der Waals surface area contributed by atoms with Gasteiger partial charge >= 0.3 is 0 Å². The second-order valence-electron chi connectivity index (χ2n) is 6.79. The molecule has 0 unspecified atom stereocenters. The normalized spacial score (nSPS) is 29.2. The van der Waals surface area contributed by atoms with Gasteiger partial charge in [0, 0.05) is 18.1 Å². The SMILES string of the molecule is CO[C@H]1CC[C@]2(CC1)Cc1ccc(C(C)C)cc1C2=O. The summed E-state index contributed by atoms with van der Waals surface area (Å²) in [6.45, 7) is 4.36. The maximum Gasteiger partial charge on any atom is 0.169 e. The van der Waals surface area contributed by atoms with Gasteiger partial charge in [0.1, 0.15) is 0 Å².